The van der Waals surface area contributed by atoms with Crippen LogP contribution in [0.4, 0.5) is 0 Å². The van der Waals surface area contributed by atoms with Gasteiger partial charge in [0.1, 0.15) is 24.4 Å². The number of likely N-dealkylation sites (N-methyl/N-ethyl adjacent to an activating group) is 1. The van der Waals surface area contributed by atoms with Crippen molar-refractivity contribution in [2.24, 2.45) is 0 Å². The topological polar surface area (TPSA) is 151 Å². The second-order valence-electron chi connectivity index (χ2n) is 7.65. The molecule has 176 valence electrons. The van der Waals surface area contributed by atoms with E-state index >= 15 is 0 Å². The number of carbonyl (C=O) groups excluding carboxylic acids is 2. The van der Waals surface area contributed by atoms with Crippen LogP contribution in [0.1, 0.15) is 57.8 Å². The maximum Gasteiger partial charge on any atom is 0.243 e. The lowest BCUT2D eigenvalue weighted by molar-refractivity contribution is -0.138. The fourth-order valence-corrected chi connectivity index (χ4v) is 2.99. The van der Waals surface area contributed by atoms with Gasteiger partial charge in [0, 0.05) is 26.6 Å². The Labute approximate surface area is 179 Å². The van der Waals surface area contributed by atoms with Gasteiger partial charge in [-0.05, 0) is 18.9 Å². The van der Waals surface area contributed by atoms with Gasteiger partial charge in [-0.25, -0.2) is 0 Å². The second kappa shape index (κ2) is 17.2. The summed E-state index contributed by atoms with van der Waals surface area (Å²) >= 11 is 0. The molecule has 30 heavy (non-hydrogen) atoms. The van der Waals surface area contributed by atoms with E-state index in [0.29, 0.717) is 13.0 Å². The highest BCUT2D eigenvalue weighted by Gasteiger charge is 2.31. The first-order valence-corrected chi connectivity index (χ1v) is 10.7. The molecule has 0 aliphatic carbocycles. The molecule has 0 aliphatic rings. The highest BCUT2D eigenvalue weighted by atomic mass is 16.4. The largest absolute Gasteiger partial charge is 0.394 e. The van der Waals surface area contributed by atoms with Crippen molar-refractivity contribution in [2.45, 2.75) is 82.2 Å². The molecule has 0 bridgehead atoms. The van der Waals surface area contributed by atoms with Gasteiger partial charge in [0.15, 0.2) is 0 Å². The van der Waals surface area contributed by atoms with E-state index in [1.807, 2.05) is 0 Å². The summed E-state index contributed by atoms with van der Waals surface area (Å²) in [5.74, 6) is -0.306. The Bertz CT molecular complexity index is 490. The number of rotatable bonds is 18. The molecule has 0 rings (SSSR count). The van der Waals surface area contributed by atoms with Crippen molar-refractivity contribution in [3.63, 3.8) is 0 Å². The third-order valence-corrected chi connectivity index (χ3v) is 5.01. The zero-order valence-electron chi connectivity index (χ0n) is 18.1. The van der Waals surface area contributed by atoms with E-state index in [-0.39, 0.29) is 18.4 Å². The molecule has 0 heterocycles. The molecular formula is C21H40N2O7. The molecular weight excluding hydrogens is 392 g/mol. The first kappa shape index (κ1) is 28.5. The van der Waals surface area contributed by atoms with Gasteiger partial charge in [0.25, 0.3) is 0 Å². The van der Waals surface area contributed by atoms with Gasteiger partial charge in [-0.2, -0.15) is 0 Å². The molecule has 0 fully saturated rings. The van der Waals surface area contributed by atoms with Crippen LogP contribution in [0.25, 0.3) is 0 Å². The Balaban J connectivity index is 3.76. The highest BCUT2D eigenvalue weighted by molar-refractivity contribution is 5.86. The van der Waals surface area contributed by atoms with Crippen molar-refractivity contribution in [3.05, 3.63) is 12.7 Å². The van der Waals surface area contributed by atoms with Gasteiger partial charge in [-0.1, -0.05) is 45.1 Å². The highest BCUT2D eigenvalue weighted by Crippen LogP contribution is 2.11. The molecule has 4 unspecified atom stereocenters. The predicted octanol–water partition coefficient (Wildman–Crippen LogP) is -0.306. The van der Waals surface area contributed by atoms with E-state index in [4.69, 9.17) is 5.11 Å². The SMILES string of the molecule is C=CC(=O)NCCCCCCCCCCC(=O)N(C)CC(O)C(O)C(O)C(O)CO. The maximum atomic E-state index is 12.1. The smallest absolute Gasteiger partial charge is 0.243 e. The number of nitrogens with zero attached hydrogens (tertiary/aromatic N) is 1. The van der Waals surface area contributed by atoms with Crippen LogP contribution in [0.3, 0.4) is 0 Å². The van der Waals surface area contributed by atoms with E-state index < -0.39 is 31.0 Å². The summed E-state index contributed by atoms with van der Waals surface area (Å²) in [7, 11) is 1.50. The first-order chi connectivity index (χ1) is 14.2. The van der Waals surface area contributed by atoms with Crippen molar-refractivity contribution in [1.29, 1.82) is 0 Å². The zero-order chi connectivity index (χ0) is 22.9. The molecule has 0 aromatic carbocycles. The minimum Gasteiger partial charge on any atom is -0.394 e. The Hall–Kier alpha value is -1.52. The molecule has 9 nitrogen and oxygen atoms in total. The average molecular weight is 433 g/mol. The molecule has 6 N–H and O–H groups in total. The number of carbonyl (C=O) groups is 2. The molecule has 0 saturated heterocycles. The van der Waals surface area contributed by atoms with E-state index in [9.17, 15) is 30.0 Å². The van der Waals surface area contributed by atoms with Crippen LogP contribution in [0, 0.1) is 0 Å². The lowest BCUT2D eigenvalue weighted by atomic mass is 10.0. The van der Waals surface area contributed by atoms with E-state index in [0.717, 1.165) is 51.4 Å². The minimum atomic E-state index is -1.69. The normalized spacial score (nSPS) is 15.1. The third-order valence-electron chi connectivity index (χ3n) is 5.01. The van der Waals surface area contributed by atoms with Crippen molar-refractivity contribution in [3.8, 4) is 0 Å². The summed E-state index contributed by atoms with van der Waals surface area (Å²) < 4.78 is 0. The van der Waals surface area contributed by atoms with E-state index in [1.165, 1.54) is 18.0 Å². The molecule has 2 amide bonds. The standard InChI is InChI=1S/C21H40N2O7/c1-3-18(27)22-13-11-9-7-5-4-6-8-10-12-19(28)23(2)14-16(25)20(29)21(30)17(26)15-24/h3,16-17,20-21,24-26,29-30H,1,4-15H2,2H3,(H,22,27). The number of nitrogens with one attached hydrogen (secondary N) is 1. The molecule has 0 aliphatic heterocycles. The lowest BCUT2D eigenvalue weighted by Gasteiger charge is -2.28. The third kappa shape index (κ3) is 12.9. The number of unbranched alkanes of at least 4 members (excludes halogenated alkanes) is 7. The van der Waals surface area contributed by atoms with Crippen LogP contribution in [0.15, 0.2) is 12.7 Å². The van der Waals surface area contributed by atoms with Crippen molar-refractivity contribution >= 4 is 11.8 Å². The van der Waals surface area contributed by atoms with Gasteiger partial charge in [-0.15, -0.1) is 0 Å². The summed E-state index contributed by atoms with van der Waals surface area (Å²) in [4.78, 5) is 24.4. The predicted molar refractivity (Wildman–Crippen MR) is 114 cm³/mol. The van der Waals surface area contributed by atoms with Gasteiger partial charge >= 0.3 is 0 Å². The second-order valence-corrected chi connectivity index (χ2v) is 7.65. The summed E-state index contributed by atoms with van der Waals surface area (Å²) in [5.41, 5.74) is 0. The van der Waals surface area contributed by atoms with Crippen molar-refractivity contribution in [2.75, 3.05) is 26.7 Å². The van der Waals surface area contributed by atoms with Gasteiger partial charge in [0.05, 0.1) is 6.61 Å². The van der Waals surface area contributed by atoms with Gasteiger partial charge in [-0.3, -0.25) is 9.59 Å². The first-order valence-electron chi connectivity index (χ1n) is 10.7. The van der Waals surface area contributed by atoms with Crippen LogP contribution in [-0.4, -0.2) is 93.4 Å². The van der Waals surface area contributed by atoms with Crippen molar-refractivity contribution < 1.29 is 35.1 Å². The molecule has 0 saturated carbocycles. The quantitative estimate of drug-likeness (QED) is 0.128. The molecule has 0 aromatic heterocycles. The number of aliphatic hydroxyl groups is 5. The summed E-state index contributed by atoms with van der Waals surface area (Å²) in [6, 6.07) is 0. The Morgan fingerprint density at radius 2 is 1.40 bits per heavy atom. The minimum absolute atomic E-state index is 0.140. The van der Waals surface area contributed by atoms with Crippen LogP contribution in [0.2, 0.25) is 0 Å². The molecule has 0 spiro atoms. The molecule has 0 radical (unpaired) electrons. The summed E-state index contributed by atoms with van der Waals surface area (Å²) in [6.45, 7) is 3.15. The lowest BCUT2D eigenvalue weighted by Crippen LogP contribution is -2.49. The fraction of sp³-hybridized carbons (Fsp3) is 0.810. The Kier molecular flexibility index (Phi) is 16.3. The molecule has 9 heteroatoms. The van der Waals surface area contributed by atoms with E-state index in [1.54, 1.807) is 0 Å². The Morgan fingerprint density at radius 1 is 0.900 bits per heavy atom. The Morgan fingerprint density at radius 3 is 1.93 bits per heavy atom. The summed E-state index contributed by atoms with van der Waals surface area (Å²) in [5, 5.41) is 50.1. The van der Waals surface area contributed by atoms with E-state index in [2.05, 4.69) is 11.9 Å². The van der Waals surface area contributed by atoms with Crippen molar-refractivity contribution in [1.82, 2.24) is 10.2 Å². The van der Waals surface area contributed by atoms with Crippen LogP contribution in [-0.2, 0) is 9.59 Å². The van der Waals surface area contributed by atoms with Crippen LogP contribution < -0.4 is 5.32 Å². The number of hydrogen-bond acceptors (Lipinski definition) is 7. The monoisotopic (exact) mass is 432 g/mol. The average Bonchev–Trinajstić information content (AvgIpc) is 2.74. The number of aliphatic hydroxyl groups excluding tert-OH is 5. The number of amides is 2. The molecule has 0 aromatic rings. The fourth-order valence-electron chi connectivity index (χ4n) is 2.99. The van der Waals surface area contributed by atoms with Gasteiger partial charge in [0.2, 0.25) is 11.8 Å². The van der Waals surface area contributed by atoms with Crippen LogP contribution >= 0.6 is 0 Å². The zero-order valence-corrected chi connectivity index (χ0v) is 18.1. The maximum absolute atomic E-state index is 12.1. The molecule has 4 atom stereocenters. The summed E-state index contributed by atoms with van der Waals surface area (Å²) in [6.07, 6.45) is 3.31. The number of hydrogen-bond donors (Lipinski definition) is 6. The van der Waals surface area contributed by atoms with Crippen LogP contribution in [0.5, 0.6) is 0 Å². The van der Waals surface area contributed by atoms with Gasteiger partial charge < -0.3 is 35.7 Å².